The highest BCUT2D eigenvalue weighted by Crippen LogP contribution is 2.39. The molecule has 0 amide bonds. The maximum Gasteiger partial charge on any atom is 0.189 e. The number of nitrogens with zero attached hydrogens (tertiary/aromatic N) is 3. The summed E-state index contributed by atoms with van der Waals surface area (Å²) in [5, 5.41) is 19.0. The third kappa shape index (κ3) is 3.47. The first-order chi connectivity index (χ1) is 13.3. The van der Waals surface area contributed by atoms with Crippen LogP contribution >= 0.6 is 0 Å². The number of aromatic hydroxyl groups is 1. The first-order valence-electron chi connectivity index (χ1n) is 9.58. The lowest BCUT2D eigenvalue weighted by Gasteiger charge is -2.27. The molecule has 0 unspecified atom stereocenters. The predicted octanol–water partition coefficient (Wildman–Crippen LogP) is 5.70. The number of aromatic nitrogens is 3. The van der Waals surface area contributed by atoms with Crippen LogP contribution in [0.25, 0.3) is 16.7 Å². The molecule has 0 saturated heterocycles. The molecule has 3 rings (SSSR count). The van der Waals surface area contributed by atoms with Crippen LogP contribution in [0.3, 0.4) is 0 Å². The molecule has 4 nitrogen and oxygen atoms in total. The summed E-state index contributed by atoms with van der Waals surface area (Å²) in [6, 6.07) is 3.61. The van der Waals surface area contributed by atoms with Crippen LogP contribution in [0, 0.1) is 17.5 Å². The predicted molar refractivity (Wildman–Crippen MR) is 107 cm³/mol. The van der Waals surface area contributed by atoms with Crippen LogP contribution in [0.1, 0.15) is 65.2 Å². The third-order valence-electron chi connectivity index (χ3n) is 5.09. The average Bonchev–Trinajstić information content (AvgIpc) is 3.04. The van der Waals surface area contributed by atoms with E-state index in [0.29, 0.717) is 5.56 Å². The van der Waals surface area contributed by atoms with Crippen LogP contribution in [-0.4, -0.2) is 20.1 Å². The van der Waals surface area contributed by atoms with Gasteiger partial charge in [-0.2, -0.15) is 0 Å². The van der Waals surface area contributed by atoms with E-state index in [1.807, 2.05) is 47.6 Å². The van der Waals surface area contributed by atoms with E-state index >= 15 is 0 Å². The van der Waals surface area contributed by atoms with E-state index in [-0.39, 0.29) is 34.4 Å². The zero-order valence-electron chi connectivity index (χ0n) is 17.8. The number of phenolic OH excluding ortho intramolecular Hbond substituents is 1. The summed E-state index contributed by atoms with van der Waals surface area (Å²) in [7, 11) is 0. The molecule has 0 bridgehead atoms. The number of hydrogen-bond donors (Lipinski definition) is 1. The quantitative estimate of drug-likeness (QED) is 0.557. The Morgan fingerprint density at radius 1 is 0.862 bits per heavy atom. The van der Waals surface area contributed by atoms with E-state index in [1.165, 1.54) is 6.92 Å². The first kappa shape index (κ1) is 21.1. The number of fused-ring (bicyclic) bond motifs is 1. The van der Waals surface area contributed by atoms with E-state index in [0.717, 1.165) is 10.4 Å². The van der Waals surface area contributed by atoms with Crippen LogP contribution in [-0.2, 0) is 17.3 Å². The fraction of sp³-hybridized carbons (Fsp3) is 0.455. The lowest BCUT2D eigenvalue weighted by Crippen LogP contribution is -2.18. The van der Waals surface area contributed by atoms with Gasteiger partial charge in [0.1, 0.15) is 11.4 Å². The monoisotopic (exact) mass is 405 g/mol. The Morgan fingerprint density at radius 2 is 1.41 bits per heavy atom. The Balaban J connectivity index is 2.38. The van der Waals surface area contributed by atoms with Gasteiger partial charge in [0.25, 0.3) is 0 Å². The Morgan fingerprint density at radius 3 is 1.90 bits per heavy atom. The van der Waals surface area contributed by atoms with Crippen LogP contribution in [0.5, 0.6) is 5.75 Å². The fourth-order valence-electron chi connectivity index (χ4n) is 3.27. The molecule has 0 aliphatic carbocycles. The van der Waals surface area contributed by atoms with Gasteiger partial charge in [0.05, 0.1) is 0 Å². The van der Waals surface area contributed by atoms with Crippen LogP contribution in [0.4, 0.5) is 13.2 Å². The summed E-state index contributed by atoms with van der Waals surface area (Å²) < 4.78 is 43.3. The van der Waals surface area contributed by atoms with Crippen molar-refractivity contribution in [2.24, 2.45) is 0 Å². The topological polar surface area (TPSA) is 50.9 Å². The van der Waals surface area contributed by atoms with Crippen molar-refractivity contribution < 1.29 is 18.3 Å². The summed E-state index contributed by atoms with van der Waals surface area (Å²) in [4.78, 5) is 0.982. The average molecular weight is 405 g/mol. The summed E-state index contributed by atoms with van der Waals surface area (Å²) >= 11 is 0. The minimum atomic E-state index is -1.26. The molecule has 1 aromatic heterocycles. The fourth-order valence-corrected chi connectivity index (χ4v) is 3.27. The Labute approximate surface area is 168 Å². The van der Waals surface area contributed by atoms with Gasteiger partial charge in [-0.1, -0.05) is 54.5 Å². The van der Waals surface area contributed by atoms with Gasteiger partial charge < -0.3 is 5.11 Å². The molecule has 0 spiro atoms. The molecule has 7 heteroatoms. The lowest BCUT2D eigenvalue weighted by atomic mass is 9.80. The second-order valence-corrected chi connectivity index (χ2v) is 9.35. The van der Waals surface area contributed by atoms with Gasteiger partial charge in [-0.25, -0.2) is 13.2 Å². The standard InChI is InChI=1S/C22H26F3N3O/c1-8-12-15(23)17(25)19-18(16(12)24)26-28(27-19)14-10-11(21(2,3)4)9-13(20(14)29)22(5,6)7/h9-10,29H,8H2,1-7H3. The largest absolute Gasteiger partial charge is 0.505 e. The van der Waals surface area contributed by atoms with Crippen molar-refractivity contribution in [1.29, 1.82) is 0 Å². The van der Waals surface area contributed by atoms with E-state index in [1.54, 1.807) is 6.07 Å². The van der Waals surface area contributed by atoms with Gasteiger partial charge in [-0.05, 0) is 28.9 Å². The smallest absolute Gasteiger partial charge is 0.189 e. The van der Waals surface area contributed by atoms with Crippen LogP contribution in [0.15, 0.2) is 12.1 Å². The van der Waals surface area contributed by atoms with Gasteiger partial charge >= 0.3 is 0 Å². The molecule has 156 valence electrons. The van der Waals surface area contributed by atoms with E-state index < -0.39 is 28.4 Å². The SMILES string of the molecule is CCc1c(F)c(F)c2nn(-c3cc(C(C)(C)C)cc(C(C)(C)C)c3O)nc2c1F. The zero-order valence-corrected chi connectivity index (χ0v) is 17.8. The van der Waals surface area contributed by atoms with E-state index in [2.05, 4.69) is 10.2 Å². The minimum absolute atomic E-state index is 0.0175. The molecule has 0 aliphatic rings. The number of phenols is 1. The molecule has 29 heavy (non-hydrogen) atoms. The molecule has 1 N–H and O–H groups in total. The van der Waals surface area contributed by atoms with Crippen molar-refractivity contribution in [2.75, 3.05) is 0 Å². The maximum atomic E-state index is 14.7. The highest BCUT2D eigenvalue weighted by Gasteiger charge is 2.28. The summed E-state index contributed by atoms with van der Waals surface area (Å²) in [6.07, 6.45) is -0.0175. The molecule has 0 radical (unpaired) electrons. The van der Waals surface area contributed by atoms with Gasteiger partial charge in [0.15, 0.2) is 28.5 Å². The molecule has 0 fully saturated rings. The number of hydrogen-bond acceptors (Lipinski definition) is 3. The maximum absolute atomic E-state index is 14.7. The third-order valence-corrected chi connectivity index (χ3v) is 5.09. The van der Waals surface area contributed by atoms with Gasteiger partial charge in [-0.15, -0.1) is 15.0 Å². The zero-order chi connectivity index (χ0) is 21.9. The Kier molecular flexibility index (Phi) is 4.92. The number of benzene rings is 2. The number of rotatable bonds is 2. The second kappa shape index (κ2) is 6.75. The van der Waals surface area contributed by atoms with Crippen LogP contribution < -0.4 is 0 Å². The lowest BCUT2D eigenvalue weighted by molar-refractivity contribution is 0.438. The van der Waals surface area contributed by atoms with E-state index in [4.69, 9.17) is 0 Å². The molecule has 0 saturated carbocycles. The van der Waals surface area contributed by atoms with Crippen molar-refractivity contribution in [2.45, 2.75) is 65.7 Å². The van der Waals surface area contributed by atoms with Crippen molar-refractivity contribution >= 4 is 11.0 Å². The van der Waals surface area contributed by atoms with Crippen molar-refractivity contribution in [1.82, 2.24) is 15.0 Å². The highest BCUT2D eigenvalue weighted by molar-refractivity contribution is 5.77. The molecule has 1 heterocycles. The molecule has 0 atom stereocenters. The molecule has 2 aromatic carbocycles. The molecule has 3 aromatic rings. The summed E-state index contributed by atoms with van der Waals surface area (Å²) in [6.45, 7) is 13.4. The van der Waals surface area contributed by atoms with Gasteiger partial charge in [0, 0.05) is 11.1 Å². The van der Waals surface area contributed by atoms with Gasteiger partial charge in [0.2, 0.25) is 0 Å². The highest BCUT2D eigenvalue weighted by atomic mass is 19.2. The normalized spacial score (nSPS) is 12.8. The minimum Gasteiger partial charge on any atom is -0.505 e. The van der Waals surface area contributed by atoms with Crippen molar-refractivity contribution in [3.63, 3.8) is 0 Å². The number of halogens is 3. The van der Waals surface area contributed by atoms with Gasteiger partial charge in [-0.3, -0.25) is 0 Å². The molecule has 0 aliphatic heterocycles. The summed E-state index contributed by atoms with van der Waals surface area (Å²) in [5.74, 6) is -3.52. The van der Waals surface area contributed by atoms with E-state index in [9.17, 15) is 18.3 Å². The van der Waals surface area contributed by atoms with Crippen molar-refractivity contribution in [3.05, 3.63) is 46.3 Å². The first-order valence-corrected chi connectivity index (χ1v) is 9.58. The molecular formula is C22H26F3N3O. The second-order valence-electron chi connectivity index (χ2n) is 9.35. The summed E-state index contributed by atoms with van der Waals surface area (Å²) in [5.41, 5.74) is -0.146. The molecular weight excluding hydrogens is 379 g/mol. The Bertz CT molecular complexity index is 1110. The van der Waals surface area contributed by atoms with Crippen LogP contribution in [0.2, 0.25) is 0 Å². The van der Waals surface area contributed by atoms with Crippen molar-refractivity contribution in [3.8, 4) is 11.4 Å². The Hall–Kier alpha value is -2.57.